The van der Waals surface area contributed by atoms with Crippen LogP contribution in [0.5, 0.6) is 5.75 Å². The number of carbonyl (C=O) groups is 2. The molecule has 1 fully saturated rings. The highest BCUT2D eigenvalue weighted by atomic mass is 32.2. The van der Waals surface area contributed by atoms with Crippen molar-refractivity contribution in [1.29, 1.82) is 0 Å². The van der Waals surface area contributed by atoms with Crippen LogP contribution in [0.3, 0.4) is 0 Å². The summed E-state index contributed by atoms with van der Waals surface area (Å²) in [6.45, 7) is 0. The lowest BCUT2D eigenvalue weighted by Crippen LogP contribution is -2.27. The van der Waals surface area contributed by atoms with E-state index in [1.54, 1.807) is 12.3 Å². The van der Waals surface area contributed by atoms with Crippen LogP contribution in [0.4, 0.5) is 5.69 Å². The van der Waals surface area contributed by atoms with Gasteiger partial charge < -0.3 is 10.2 Å². The zero-order chi connectivity index (χ0) is 19.8. The molecule has 2 aromatic carbocycles. The fourth-order valence-corrected chi connectivity index (χ4v) is 4.16. The number of pyridine rings is 1. The molecular formula is C20H12N2O4S2. The van der Waals surface area contributed by atoms with E-state index in [9.17, 15) is 14.7 Å². The number of thiocarbonyl (C=S) groups is 1. The third-order valence-corrected chi connectivity index (χ3v) is 5.49. The summed E-state index contributed by atoms with van der Waals surface area (Å²) in [7, 11) is 0. The summed E-state index contributed by atoms with van der Waals surface area (Å²) < 4.78 is 0.307. The molecule has 0 spiro atoms. The number of aromatic nitrogens is 1. The van der Waals surface area contributed by atoms with Crippen LogP contribution in [0.1, 0.15) is 15.9 Å². The molecule has 3 aromatic rings. The van der Waals surface area contributed by atoms with E-state index in [1.165, 1.54) is 23.1 Å². The highest BCUT2D eigenvalue weighted by Gasteiger charge is 2.33. The average molecular weight is 408 g/mol. The lowest BCUT2D eigenvalue weighted by molar-refractivity contribution is -0.113. The van der Waals surface area contributed by atoms with Crippen LogP contribution in [0.15, 0.2) is 59.6 Å². The molecule has 4 rings (SSSR count). The number of rotatable bonds is 3. The number of amides is 1. The molecule has 6 nitrogen and oxygen atoms in total. The van der Waals surface area contributed by atoms with E-state index in [0.717, 1.165) is 28.2 Å². The largest absolute Gasteiger partial charge is 0.507 e. The number of anilines is 1. The highest BCUT2D eigenvalue weighted by Crippen LogP contribution is 2.37. The van der Waals surface area contributed by atoms with Crippen molar-refractivity contribution in [3.63, 3.8) is 0 Å². The topological polar surface area (TPSA) is 90.7 Å². The number of aromatic carboxylic acids is 1. The van der Waals surface area contributed by atoms with Gasteiger partial charge in [0.1, 0.15) is 11.3 Å². The summed E-state index contributed by atoms with van der Waals surface area (Å²) in [5, 5.41) is 19.9. The van der Waals surface area contributed by atoms with Gasteiger partial charge in [-0.1, -0.05) is 36.1 Å². The minimum atomic E-state index is -1.25. The zero-order valence-electron chi connectivity index (χ0n) is 14.2. The van der Waals surface area contributed by atoms with Gasteiger partial charge in [-0.2, -0.15) is 0 Å². The number of nitrogens with zero attached hydrogens (tertiary/aromatic N) is 2. The first-order valence-electron chi connectivity index (χ1n) is 8.13. The van der Waals surface area contributed by atoms with Crippen molar-refractivity contribution in [2.75, 3.05) is 4.90 Å². The van der Waals surface area contributed by atoms with Crippen molar-refractivity contribution < 1.29 is 19.8 Å². The Morgan fingerprint density at radius 1 is 1.18 bits per heavy atom. The van der Waals surface area contributed by atoms with Crippen LogP contribution < -0.4 is 4.90 Å². The summed E-state index contributed by atoms with van der Waals surface area (Å²) >= 11 is 6.47. The van der Waals surface area contributed by atoms with E-state index in [1.807, 2.05) is 30.3 Å². The predicted molar refractivity (Wildman–Crippen MR) is 112 cm³/mol. The molecule has 1 aliphatic heterocycles. The number of carboxylic acids is 1. The van der Waals surface area contributed by atoms with Crippen LogP contribution in [0.2, 0.25) is 0 Å². The molecule has 2 heterocycles. The number of thioether (sulfide) groups is 1. The van der Waals surface area contributed by atoms with Gasteiger partial charge in [0.05, 0.1) is 16.1 Å². The number of hydrogen-bond donors (Lipinski definition) is 2. The summed E-state index contributed by atoms with van der Waals surface area (Å²) in [4.78, 5) is 29.9. The minimum absolute atomic E-state index is 0.241. The van der Waals surface area contributed by atoms with E-state index in [4.69, 9.17) is 17.3 Å². The molecule has 1 saturated heterocycles. The van der Waals surface area contributed by atoms with E-state index in [-0.39, 0.29) is 11.5 Å². The number of carbonyl (C=O) groups excluding carboxylic acids is 1. The Bertz CT molecular complexity index is 1190. The Labute approximate surface area is 169 Å². The molecule has 28 heavy (non-hydrogen) atoms. The summed E-state index contributed by atoms with van der Waals surface area (Å²) in [5.41, 5.74) is 1.77. The van der Waals surface area contributed by atoms with Crippen molar-refractivity contribution >= 4 is 62.8 Å². The first-order chi connectivity index (χ1) is 13.4. The second-order valence-electron chi connectivity index (χ2n) is 5.98. The van der Waals surface area contributed by atoms with Gasteiger partial charge in [0, 0.05) is 17.6 Å². The molecule has 8 heteroatoms. The Morgan fingerprint density at radius 2 is 2.00 bits per heavy atom. The second-order valence-corrected chi connectivity index (χ2v) is 7.66. The molecule has 0 saturated carbocycles. The number of fused-ring (bicyclic) bond motifs is 1. The number of hydrogen-bond acceptors (Lipinski definition) is 6. The fraction of sp³-hybridized carbons (Fsp3) is 0. The van der Waals surface area contributed by atoms with E-state index >= 15 is 0 Å². The Kier molecular flexibility index (Phi) is 4.58. The van der Waals surface area contributed by atoms with Crippen molar-refractivity contribution in [3.05, 3.63) is 70.8 Å². The number of benzene rings is 2. The predicted octanol–water partition coefficient (Wildman–Crippen LogP) is 4.04. The van der Waals surface area contributed by atoms with Gasteiger partial charge >= 0.3 is 5.97 Å². The molecular weight excluding hydrogens is 396 g/mol. The summed E-state index contributed by atoms with van der Waals surface area (Å²) in [6.07, 6.45) is 3.47. The molecule has 0 aliphatic carbocycles. The maximum atomic E-state index is 12.9. The number of phenols is 1. The molecule has 0 radical (unpaired) electrons. The van der Waals surface area contributed by atoms with E-state index in [2.05, 4.69) is 4.98 Å². The molecule has 1 aromatic heterocycles. The molecule has 1 aliphatic rings. The first-order valence-corrected chi connectivity index (χ1v) is 9.35. The van der Waals surface area contributed by atoms with Crippen molar-refractivity contribution in [2.45, 2.75) is 0 Å². The monoisotopic (exact) mass is 408 g/mol. The van der Waals surface area contributed by atoms with Gasteiger partial charge in [-0.15, -0.1) is 0 Å². The van der Waals surface area contributed by atoms with Crippen LogP contribution in [-0.2, 0) is 4.79 Å². The normalized spacial score (nSPS) is 15.6. The average Bonchev–Trinajstić information content (AvgIpc) is 2.94. The van der Waals surface area contributed by atoms with Gasteiger partial charge in [0.25, 0.3) is 5.91 Å². The van der Waals surface area contributed by atoms with Crippen molar-refractivity contribution in [3.8, 4) is 5.75 Å². The maximum absolute atomic E-state index is 12.9. The Morgan fingerprint density at radius 3 is 2.75 bits per heavy atom. The lowest BCUT2D eigenvalue weighted by atomic mass is 10.1. The van der Waals surface area contributed by atoms with Crippen LogP contribution in [0.25, 0.3) is 17.0 Å². The minimum Gasteiger partial charge on any atom is -0.507 e. The third-order valence-electron chi connectivity index (χ3n) is 4.19. The quantitative estimate of drug-likeness (QED) is 0.499. The summed E-state index contributed by atoms with van der Waals surface area (Å²) in [5.74, 6) is -2.01. The van der Waals surface area contributed by atoms with Crippen LogP contribution in [-0.4, -0.2) is 31.4 Å². The fourth-order valence-electron chi connectivity index (χ4n) is 2.87. The Balaban J connectivity index is 1.67. The molecule has 1 amide bonds. The molecule has 0 atom stereocenters. The third kappa shape index (κ3) is 3.23. The SMILES string of the molecule is O=C(O)c1ccc(N2C(=O)C(=Cc3ccc4ncccc4c3)SC2=S)cc1O. The van der Waals surface area contributed by atoms with Gasteiger partial charge in [-0.3, -0.25) is 14.7 Å². The molecule has 0 bridgehead atoms. The summed E-state index contributed by atoms with van der Waals surface area (Å²) in [6, 6.07) is 13.4. The number of carboxylic acid groups (broad SMARTS) is 1. The van der Waals surface area contributed by atoms with Crippen molar-refractivity contribution in [2.24, 2.45) is 0 Å². The lowest BCUT2D eigenvalue weighted by Gasteiger charge is -2.15. The van der Waals surface area contributed by atoms with E-state index < -0.39 is 11.7 Å². The van der Waals surface area contributed by atoms with Gasteiger partial charge in [0.2, 0.25) is 0 Å². The molecule has 2 N–H and O–H groups in total. The van der Waals surface area contributed by atoms with Gasteiger partial charge in [-0.25, -0.2) is 4.79 Å². The van der Waals surface area contributed by atoms with Gasteiger partial charge in [-0.05, 0) is 42.0 Å². The Hall–Kier alpha value is -3.23. The smallest absolute Gasteiger partial charge is 0.339 e. The second kappa shape index (κ2) is 7.06. The zero-order valence-corrected chi connectivity index (χ0v) is 15.8. The van der Waals surface area contributed by atoms with Crippen LogP contribution in [0, 0.1) is 0 Å². The first kappa shape index (κ1) is 18.1. The number of aromatic hydroxyl groups is 1. The van der Waals surface area contributed by atoms with Crippen molar-refractivity contribution in [1.82, 2.24) is 4.98 Å². The maximum Gasteiger partial charge on any atom is 0.339 e. The molecule has 138 valence electrons. The standard InChI is InChI=1S/C20H12N2O4S2/c23-16-10-13(4-5-14(16)19(25)26)22-18(24)17(28-20(22)27)9-11-3-6-15-12(8-11)2-1-7-21-15/h1-10,23H,(H,25,26). The molecule has 0 unspecified atom stereocenters. The van der Waals surface area contributed by atoms with Crippen LogP contribution >= 0.6 is 24.0 Å². The van der Waals surface area contributed by atoms with E-state index in [0.29, 0.717) is 14.9 Å². The van der Waals surface area contributed by atoms with Gasteiger partial charge in [0.15, 0.2) is 4.32 Å². The highest BCUT2D eigenvalue weighted by molar-refractivity contribution is 8.27.